The second kappa shape index (κ2) is 12.8. The molecule has 3 aromatic carbocycles. The molecule has 8 heteroatoms. The van der Waals surface area contributed by atoms with Crippen LogP contribution in [0.5, 0.6) is 11.5 Å². The van der Waals surface area contributed by atoms with Gasteiger partial charge in [-0.2, -0.15) is 0 Å². The number of carbonyl (C=O) groups excluding carboxylic acids is 1. The van der Waals surface area contributed by atoms with Crippen LogP contribution in [-0.4, -0.2) is 46.9 Å². The van der Waals surface area contributed by atoms with E-state index >= 15 is 0 Å². The number of carbonyl (C=O) groups is 1. The summed E-state index contributed by atoms with van der Waals surface area (Å²) in [6.45, 7) is 1.63. The Balaban J connectivity index is 0.000000323. The van der Waals surface area contributed by atoms with Crippen molar-refractivity contribution < 1.29 is 29.4 Å². The maximum Gasteiger partial charge on any atom is 0.231 e. The molecule has 38 heavy (non-hydrogen) atoms. The highest BCUT2D eigenvalue weighted by molar-refractivity contribution is 7.93. The van der Waals surface area contributed by atoms with Crippen LogP contribution in [0.2, 0.25) is 0 Å². The van der Waals surface area contributed by atoms with Crippen molar-refractivity contribution in [2.75, 3.05) is 19.9 Å². The first-order chi connectivity index (χ1) is 18.1. The fourth-order valence-electron chi connectivity index (χ4n) is 5.05. The first-order valence-corrected chi connectivity index (χ1v) is 13.7. The minimum Gasteiger partial charge on any atom is -0.454 e. The van der Waals surface area contributed by atoms with Gasteiger partial charge in [0.2, 0.25) is 6.79 Å². The molecular formula is C30H35NO6S. The number of ketones is 1. The van der Waals surface area contributed by atoms with Crippen molar-refractivity contribution in [2.24, 2.45) is 0 Å². The number of Topliss-reactive ketones (excluding diaryl/α,β-unsaturated/α-hetero) is 1. The van der Waals surface area contributed by atoms with Gasteiger partial charge >= 0.3 is 0 Å². The number of benzene rings is 3. The molecule has 1 atom stereocenters. The average molecular weight is 538 g/mol. The van der Waals surface area contributed by atoms with Gasteiger partial charge in [0.05, 0.1) is 12.0 Å². The third kappa shape index (κ3) is 6.39. The van der Waals surface area contributed by atoms with E-state index in [4.69, 9.17) is 19.1 Å². The lowest BCUT2D eigenvalue weighted by atomic mass is 9.87. The molecule has 202 valence electrons. The summed E-state index contributed by atoms with van der Waals surface area (Å²) in [4.78, 5) is 14.0. The van der Waals surface area contributed by atoms with Gasteiger partial charge in [0.25, 0.3) is 0 Å². The molecule has 0 amide bonds. The lowest BCUT2D eigenvalue weighted by Crippen LogP contribution is -2.36. The van der Waals surface area contributed by atoms with Crippen LogP contribution in [0.25, 0.3) is 11.1 Å². The molecule has 1 unspecified atom stereocenters. The number of ether oxygens (including phenoxy) is 2. The van der Waals surface area contributed by atoms with E-state index in [1.165, 1.54) is 12.8 Å². The lowest BCUT2D eigenvalue weighted by molar-refractivity contribution is -0.120. The number of nitrogens with one attached hydrogen (secondary N) is 1. The van der Waals surface area contributed by atoms with Gasteiger partial charge in [-0.05, 0) is 78.7 Å². The number of aliphatic hydroxyl groups is 1. The maximum atomic E-state index is 13.2. The van der Waals surface area contributed by atoms with Crippen molar-refractivity contribution >= 4 is 17.8 Å². The van der Waals surface area contributed by atoms with Gasteiger partial charge < -0.3 is 29.9 Å². The molecule has 5 N–H and O–H groups in total. The Hall–Kier alpha value is -2.88. The van der Waals surface area contributed by atoms with Crippen LogP contribution in [0.1, 0.15) is 43.2 Å². The summed E-state index contributed by atoms with van der Waals surface area (Å²) < 4.78 is 20.0. The molecule has 0 bridgehead atoms. The molecule has 2 fully saturated rings. The average Bonchev–Trinajstić information content (AvgIpc) is 3.64. The zero-order valence-corrected chi connectivity index (χ0v) is 22.1. The number of fused-ring (bicyclic) bond motifs is 1. The largest absolute Gasteiger partial charge is 0.454 e. The van der Waals surface area contributed by atoms with Crippen LogP contribution < -0.4 is 14.8 Å². The van der Waals surface area contributed by atoms with Gasteiger partial charge in [-0.1, -0.05) is 48.9 Å². The smallest absolute Gasteiger partial charge is 0.231 e. The first kappa shape index (κ1) is 28.1. The van der Waals surface area contributed by atoms with Gasteiger partial charge in [0, 0.05) is 29.4 Å². The van der Waals surface area contributed by atoms with E-state index in [1.807, 2.05) is 60.7 Å². The minimum absolute atomic E-state index is 0. The molecule has 0 radical (unpaired) electrons. The van der Waals surface area contributed by atoms with Gasteiger partial charge in [-0.25, -0.2) is 0 Å². The van der Waals surface area contributed by atoms with Crippen molar-refractivity contribution in [3.8, 4) is 22.6 Å². The summed E-state index contributed by atoms with van der Waals surface area (Å²) >= 11 is 0.738. The van der Waals surface area contributed by atoms with Crippen LogP contribution in [0.3, 0.4) is 0 Å². The van der Waals surface area contributed by atoms with Crippen LogP contribution >= 0.6 is 12.0 Å². The van der Waals surface area contributed by atoms with Gasteiger partial charge in [0.1, 0.15) is 5.78 Å². The van der Waals surface area contributed by atoms with Crippen LogP contribution in [0.4, 0.5) is 0 Å². The Morgan fingerprint density at radius 3 is 2.42 bits per heavy atom. The van der Waals surface area contributed by atoms with Crippen LogP contribution in [0.15, 0.2) is 71.6 Å². The van der Waals surface area contributed by atoms with E-state index in [-0.39, 0.29) is 18.1 Å². The monoisotopic (exact) mass is 537 g/mol. The number of hydrogen-bond acceptors (Lipinski definition) is 7. The molecule has 0 aromatic heterocycles. The number of rotatable bonds is 7. The summed E-state index contributed by atoms with van der Waals surface area (Å²) in [6, 6.07) is 22.1. The van der Waals surface area contributed by atoms with Crippen molar-refractivity contribution in [2.45, 2.75) is 54.9 Å². The van der Waals surface area contributed by atoms with E-state index < -0.39 is 5.41 Å². The third-order valence-electron chi connectivity index (χ3n) is 7.43. The Morgan fingerprint density at radius 1 is 0.974 bits per heavy atom. The van der Waals surface area contributed by atoms with Gasteiger partial charge in [0.15, 0.2) is 11.5 Å². The molecule has 1 aliphatic carbocycles. The topological polar surface area (TPSA) is 120 Å². The van der Waals surface area contributed by atoms with E-state index in [2.05, 4.69) is 11.4 Å². The number of piperidine rings is 1. The highest BCUT2D eigenvalue weighted by Crippen LogP contribution is 2.51. The van der Waals surface area contributed by atoms with E-state index in [0.717, 1.165) is 76.5 Å². The number of aliphatic hydroxyl groups excluding tert-OH is 1. The molecule has 3 aliphatic rings. The quantitative estimate of drug-likeness (QED) is 0.371. The molecular weight excluding hydrogens is 502 g/mol. The molecule has 0 spiro atoms. The third-order valence-corrected chi connectivity index (χ3v) is 7.91. The van der Waals surface area contributed by atoms with Crippen molar-refractivity contribution in [1.82, 2.24) is 5.32 Å². The summed E-state index contributed by atoms with van der Waals surface area (Å²) in [6.07, 6.45) is 5.87. The second-order valence-corrected chi connectivity index (χ2v) is 10.5. The molecule has 6 rings (SSSR count). The number of hydrogen-bond donors (Lipinski definition) is 3. The molecule has 3 aromatic rings. The van der Waals surface area contributed by atoms with E-state index in [9.17, 15) is 4.79 Å². The molecule has 7 nitrogen and oxygen atoms in total. The standard InChI is InChI=1S/C24H20O4S.C6H13NO.H2O/c25-23(24(10-11-24)19-6-9-21-22(14-19)28-15-27-21)13-16-2-1-3-18(12-16)17-4-7-20(29-26)8-5-17;8-5-6-3-1-2-4-7-6;/h1-9,12,14,26H,10-11,13,15H2;6-8H,1-5H2;1H2. The highest BCUT2D eigenvalue weighted by Gasteiger charge is 2.50. The second-order valence-electron chi connectivity index (χ2n) is 9.90. The van der Waals surface area contributed by atoms with Crippen molar-refractivity contribution in [1.29, 1.82) is 0 Å². The molecule has 2 aliphatic heterocycles. The van der Waals surface area contributed by atoms with Crippen LogP contribution in [-0.2, 0) is 16.6 Å². The molecule has 1 saturated carbocycles. The normalized spacial score (nSPS) is 18.5. The summed E-state index contributed by atoms with van der Waals surface area (Å²) in [5.74, 6) is 1.73. The van der Waals surface area contributed by atoms with E-state index in [0.29, 0.717) is 19.1 Å². The highest BCUT2D eigenvalue weighted by atomic mass is 32.2. The maximum absolute atomic E-state index is 13.2. The minimum atomic E-state index is -0.392. The fourth-order valence-corrected chi connectivity index (χ4v) is 5.31. The predicted molar refractivity (Wildman–Crippen MR) is 149 cm³/mol. The van der Waals surface area contributed by atoms with Crippen molar-refractivity contribution in [3.63, 3.8) is 0 Å². The summed E-state index contributed by atoms with van der Waals surface area (Å²) in [5, 5.41) is 11.8. The molecule has 1 saturated heterocycles. The summed E-state index contributed by atoms with van der Waals surface area (Å²) in [5.41, 5.74) is 3.78. The predicted octanol–water partition coefficient (Wildman–Crippen LogP) is 4.79. The Kier molecular flexibility index (Phi) is 9.46. The molecule has 2 heterocycles. The fraction of sp³-hybridized carbons (Fsp3) is 0.367. The first-order valence-electron chi connectivity index (χ1n) is 12.9. The summed E-state index contributed by atoms with van der Waals surface area (Å²) in [7, 11) is 0. The Morgan fingerprint density at radius 2 is 1.76 bits per heavy atom. The SMILES string of the molecule is O.O=C(Cc1cccc(-c2ccc(SO)cc2)c1)C1(c2ccc3c(c2)OCO3)CC1.OCC1CCCCN1. The van der Waals surface area contributed by atoms with Crippen LogP contribution in [0, 0.1) is 0 Å². The Labute approximate surface area is 227 Å². The van der Waals surface area contributed by atoms with Gasteiger partial charge in [-0.15, -0.1) is 0 Å². The van der Waals surface area contributed by atoms with Crippen molar-refractivity contribution in [3.05, 3.63) is 77.9 Å². The van der Waals surface area contributed by atoms with E-state index in [1.54, 1.807) is 0 Å². The zero-order chi connectivity index (χ0) is 25.7. The zero-order valence-electron chi connectivity index (χ0n) is 21.3. The lowest BCUT2D eigenvalue weighted by Gasteiger charge is -2.20. The Bertz CT molecular complexity index is 1220. The van der Waals surface area contributed by atoms with Gasteiger partial charge in [-0.3, -0.25) is 4.79 Å².